The minimum absolute atomic E-state index is 0.243. The Morgan fingerprint density at radius 3 is 1.90 bits per heavy atom. The van der Waals surface area contributed by atoms with Gasteiger partial charge < -0.3 is 18.9 Å². The average molecular weight is 408 g/mol. The molecule has 0 bridgehead atoms. The van der Waals surface area contributed by atoms with Gasteiger partial charge in [-0.1, -0.05) is 40.8 Å². The SMILES string of the molecule is O=C(OCCOCCOCCOCCI)c1ccccc1. The standard InChI is InChI=1S/C15H21IO5/c16-6-7-18-8-9-19-10-11-20-12-13-21-15(17)14-4-2-1-3-5-14/h1-5H,6-13H2. The molecule has 0 amide bonds. The Morgan fingerprint density at radius 1 is 0.810 bits per heavy atom. The maximum atomic E-state index is 11.6. The lowest BCUT2D eigenvalue weighted by atomic mass is 10.2. The average Bonchev–Trinajstić information content (AvgIpc) is 2.53. The van der Waals surface area contributed by atoms with Crippen molar-refractivity contribution in [1.82, 2.24) is 0 Å². The lowest BCUT2D eigenvalue weighted by Gasteiger charge is -2.07. The van der Waals surface area contributed by atoms with Crippen LogP contribution in [-0.2, 0) is 18.9 Å². The number of rotatable bonds is 12. The molecule has 21 heavy (non-hydrogen) atoms. The maximum absolute atomic E-state index is 11.6. The van der Waals surface area contributed by atoms with Crippen molar-refractivity contribution < 1.29 is 23.7 Å². The number of carbonyl (C=O) groups is 1. The Morgan fingerprint density at radius 2 is 1.33 bits per heavy atom. The Hall–Kier alpha value is -0.700. The quantitative estimate of drug-likeness (QED) is 0.230. The van der Waals surface area contributed by atoms with E-state index in [2.05, 4.69) is 22.6 Å². The molecule has 0 unspecified atom stereocenters. The lowest BCUT2D eigenvalue weighted by molar-refractivity contribution is 0.00218. The van der Waals surface area contributed by atoms with E-state index in [0.717, 1.165) is 11.0 Å². The third-order valence-corrected chi connectivity index (χ3v) is 2.88. The molecule has 1 aromatic carbocycles. The first-order valence-electron chi connectivity index (χ1n) is 6.86. The van der Waals surface area contributed by atoms with Crippen LogP contribution in [0.2, 0.25) is 0 Å². The molecule has 0 fully saturated rings. The summed E-state index contributed by atoms with van der Waals surface area (Å²) in [5.74, 6) is -0.331. The van der Waals surface area contributed by atoms with Gasteiger partial charge in [0.15, 0.2) is 0 Å². The number of hydrogen-bond donors (Lipinski definition) is 0. The lowest BCUT2D eigenvalue weighted by Crippen LogP contribution is -2.14. The van der Waals surface area contributed by atoms with Crippen LogP contribution in [0, 0.1) is 0 Å². The fourth-order valence-corrected chi connectivity index (χ4v) is 1.76. The maximum Gasteiger partial charge on any atom is 0.338 e. The fourth-order valence-electron chi connectivity index (χ4n) is 1.45. The Balaban J connectivity index is 1.88. The first-order valence-corrected chi connectivity index (χ1v) is 8.38. The van der Waals surface area contributed by atoms with Gasteiger partial charge in [0, 0.05) is 4.43 Å². The van der Waals surface area contributed by atoms with Gasteiger partial charge in [-0.3, -0.25) is 0 Å². The molecule has 0 aliphatic heterocycles. The largest absolute Gasteiger partial charge is 0.460 e. The number of carbonyl (C=O) groups excluding carboxylic acids is 1. The minimum atomic E-state index is -0.331. The monoisotopic (exact) mass is 408 g/mol. The molecule has 0 aliphatic carbocycles. The summed E-state index contributed by atoms with van der Waals surface area (Å²) in [7, 11) is 0. The van der Waals surface area contributed by atoms with Gasteiger partial charge in [0.25, 0.3) is 0 Å². The zero-order valence-electron chi connectivity index (χ0n) is 12.0. The highest BCUT2D eigenvalue weighted by molar-refractivity contribution is 14.1. The van der Waals surface area contributed by atoms with E-state index in [4.69, 9.17) is 18.9 Å². The van der Waals surface area contributed by atoms with Gasteiger partial charge in [-0.2, -0.15) is 0 Å². The molecule has 0 heterocycles. The van der Waals surface area contributed by atoms with Crippen LogP contribution < -0.4 is 0 Å². The Bertz CT molecular complexity index is 372. The van der Waals surface area contributed by atoms with Crippen molar-refractivity contribution in [3.8, 4) is 0 Å². The molecule has 0 saturated heterocycles. The molecule has 0 N–H and O–H groups in total. The van der Waals surface area contributed by atoms with Crippen LogP contribution in [0.4, 0.5) is 0 Å². The van der Waals surface area contributed by atoms with E-state index >= 15 is 0 Å². The van der Waals surface area contributed by atoms with Crippen molar-refractivity contribution in [3.05, 3.63) is 35.9 Å². The number of alkyl halides is 1. The van der Waals surface area contributed by atoms with Gasteiger partial charge >= 0.3 is 5.97 Å². The van der Waals surface area contributed by atoms with Crippen LogP contribution >= 0.6 is 22.6 Å². The molecule has 0 saturated carbocycles. The van der Waals surface area contributed by atoms with Gasteiger partial charge in [0.2, 0.25) is 0 Å². The van der Waals surface area contributed by atoms with E-state index in [0.29, 0.717) is 38.6 Å². The van der Waals surface area contributed by atoms with Crippen LogP contribution in [0.5, 0.6) is 0 Å². The van der Waals surface area contributed by atoms with Crippen LogP contribution in [0.25, 0.3) is 0 Å². The summed E-state index contributed by atoms with van der Waals surface area (Å²) in [5, 5.41) is 0. The second-order valence-electron chi connectivity index (χ2n) is 4.03. The van der Waals surface area contributed by atoms with E-state index in [1.165, 1.54) is 0 Å². The number of hydrogen-bond acceptors (Lipinski definition) is 5. The highest BCUT2D eigenvalue weighted by Crippen LogP contribution is 2.00. The molecule has 5 nitrogen and oxygen atoms in total. The van der Waals surface area contributed by atoms with Crippen molar-refractivity contribution in [2.24, 2.45) is 0 Å². The van der Waals surface area contributed by atoms with Crippen molar-refractivity contribution in [2.45, 2.75) is 0 Å². The third kappa shape index (κ3) is 9.78. The molecule has 0 atom stereocenters. The number of halogens is 1. The highest BCUT2D eigenvalue weighted by Gasteiger charge is 2.04. The third-order valence-electron chi connectivity index (χ3n) is 2.44. The van der Waals surface area contributed by atoms with Crippen LogP contribution in [0.3, 0.4) is 0 Å². The van der Waals surface area contributed by atoms with Gasteiger partial charge in [0.05, 0.1) is 45.2 Å². The van der Waals surface area contributed by atoms with E-state index in [1.807, 2.05) is 6.07 Å². The van der Waals surface area contributed by atoms with Crippen molar-refractivity contribution in [2.75, 3.05) is 50.7 Å². The topological polar surface area (TPSA) is 54.0 Å². The van der Waals surface area contributed by atoms with Gasteiger partial charge in [0.1, 0.15) is 6.61 Å². The van der Waals surface area contributed by atoms with Gasteiger partial charge in [-0.25, -0.2) is 4.79 Å². The zero-order valence-corrected chi connectivity index (χ0v) is 14.1. The summed E-state index contributed by atoms with van der Waals surface area (Å²) >= 11 is 2.26. The molecular formula is C15H21IO5. The summed E-state index contributed by atoms with van der Waals surface area (Å²) in [6.45, 7) is 3.54. The van der Waals surface area contributed by atoms with E-state index in [9.17, 15) is 4.79 Å². The molecule has 118 valence electrons. The smallest absolute Gasteiger partial charge is 0.338 e. The number of ether oxygens (including phenoxy) is 4. The molecule has 1 aromatic rings. The first-order chi connectivity index (χ1) is 10.3. The Labute approximate surface area is 139 Å². The van der Waals surface area contributed by atoms with Gasteiger partial charge in [-0.15, -0.1) is 0 Å². The van der Waals surface area contributed by atoms with Crippen molar-refractivity contribution in [1.29, 1.82) is 0 Å². The summed E-state index contributed by atoms with van der Waals surface area (Å²) < 4.78 is 21.9. The van der Waals surface area contributed by atoms with Gasteiger partial charge in [-0.05, 0) is 12.1 Å². The van der Waals surface area contributed by atoms with E-state index < -0.39 is 0 Å². The first kappa shape index (κ1) is 18.3. The normalized spacial score (nSPS) is 10.5. The zero-order chi connectivity index (χ0) is 15.2. The molecular weight excluding hydrogens is 387 g/mol. The minimum Gasteiger partial charge on any atom is -0.460 e. The van der Waals surface area contributed by atoms with Crippen LogP contribution in [0.15, 0.2) is 30.3 Å². The highest BCUT2D eigenvalue weighted by atomic mass is 127. The predicted molar refractivity (Wildman–Crippen MR) is 88.1 cm³/mol. The summed E-state index contributed by atoms with van der Waals surface area (Å²) in [5.41, 5.74) is 0.548. The number of esters is 1. The Kier molecular flexibility index (Phi) is 11.4. The molecule has 0 radical (unpaired) electrons. The summed E-state index contributed by atoms with van der Waals surface area (Å²) in [6.07, 6.45) is 0. The van der Waals surface area contributed by atoms with Crippen molar-refractivity contribution >= 4 is 28.6 Å². The fraction of sp³-hybridized carbons (Fsp3) is 0.533. The molecule has 0 aromatic heterocycles. The molecule has 0 spiro atoms. The molecule has 6 heteroatoms. The number of benzene rings is 1. The molecule has 0 aliphatic rings. The van der Waals surface area contributed by atoms with E-state index in [1.54, 1.807) is 24.3 Å². The predicted octanol–water partition coefficient (Wildman–Crippen LogP) is 2.33. The second kappa shape index (κ2) is 13.0. The van der Waals surface area contributed by atoms with Crippen LogP contribution in [-0.4, -0.2) is 56.6 Å². The molecule has 1 rings (SSSR count). The van der Waals surface area contributed by atoms with Crippen LogP contribution in [0.1, 0.15) is 10.4 Å². The second-order valence-corrected chi connectivity index (χ2v) is 5.11. The summed E-state index contributed by atoms with van der Waals surface area (Å²) in [6, 6.07) is 8.89. The van der Waals surface area contributed by atoms with E-state index in [-0.39, 0.29) is 12.6 Å². The summed E-state index contributed by atoms with van der Waals surface area (Å²) in [4.78, 5) is 11.6. The van der Waals surface area contributed by atoms with Crippen molar-refractivity contribution in [3.63, 3.8) is 0 Å².